The molecule has 2 fully saturated rings. The van der Waals surface area contributed by atoms with Crippen molar-refractivity contribution < 1.29 is 4.52 Å². The van der Waals surface area contributed by atoms with E-state index in [0.717, 1.165) is 24.6 Å². The summed E-state index contributed by atoms with van der Waals surface area (Å²) in [6.45, 7) is 0.638. The summed E-state index contributed by atoms with van der Waals surface area (Å²) in [5, 5.41) is 4.31. The van der Waals surface area contributed by atoms with Crippen LogP contribution in [0.1, 0.15) is 88.3 Å². The van der Waals surface area contributed by atoms with Gasteiger partial charge in [-0.3, -0.25) is 0 Å². The zero-order valence-electron chi connectivity index (χ0n) is 12.4. The Kier molecular flexibility index (Phi) is 4.39. The van der Waals surface area contributed by atoms with Gasteiger partial charge in [-0.25, -0.2) is 0 Å². The largest absolute Gasteiger partial charge is 0.339 e. The fraction of sp³-hybridized carbons (Fsp3) is 0.875. The first-order valence-corrected chi connectivity index (χ1v) is 8.38. The first-order valence-electron chi connectivity index (χ1n) is 8.38. The molecule has 0 amide bonds. The standard InChI is InChI=1S/C16H27N3O/c17-12-16(10-6-7-11-16)15-18-14(19-20-15)13-8-4-2-1-3-5-9-13/h13H,1-12,17H2. The summed E-state index contributed by atoms with van der Waals surface area (Å²) >= 11 is 0. The number of nitrogens with zero attached hydrogens (tertiary/aromatic N) is 2. The molecule has 4 heteroatoms. The van der Waals surface area contributed by atoms with Crippen LogP contribution in [0.4, 0.5) is 0 Å². The summed E-state index contributed by atoms with van der Waals surface area (Å²) in [5.74, 6) is 2.26. The van der Waals surface area contributed by atoms with Crippen molar-refractivity contribution in [1.82, 2.24) is 10.1 Å². The first-order chi connectivity index (χ1) is 9.84. The van der Waals surface area contributed by atoms with E-state index in [0.29, 0.717) is 12.5 Å². The van der Waals surface area contributed by atoms with E-state index in [1.807, 2.05) is 0 Å². The lowest BCUT2D eigenvalue weighted by Gasteiger charge is -2.21. The maximum absolute atomic E-state index is 6.01. The van der Waals surface area contributed by atoms with Crippen LogP contribution in [0, 0.1) is 0 Å². The van der Waals surface area contributed by atoms with E-state index in [-0.39, 0.29) is 5.41 Å². The lowest BCUT2D eigenvalue weighted by Crippen LogP contribution is -2.32. The minimum atomic E-state index is -0.0210. The summed E-state index contributed by atoms with van der Waals surface area (Å²) in [5.41, 5.74) is 5.99. The van der Waals surface area contributed by atoms with Gasteiger partial charge in [0.25, 0.3) is 0 Å². The second kappa shape index (κ2) is 6.25. The van der Waals surface area contributed by atoms with Crippen molar-refractivity contribution in [3.05, 3.63) is 11.7 Å². The van der Waals surface area contributed by atoms with Crippen LogP contribution in [-0.4, -0.2) is 16.7 Å². The van der Waals surface area contributed by atoms with Crippen molar-refractivity contribution in [2.45, 2.75) is 82.0 Å². The highest BCUT2D eigenvalue weighted by Crippen LogP contribution is 2.40. The maximum Gasteiger partial charge on any atom is 0.234 e. The Morgan fingerprint density at radius 2 is 1.65 bits per heavy atom. The molecule has 0 spiro atoms. The molecule has 2 saturated carbocycles. The van der Waals surface area contributed by atoms with E-state index < -0.39 is 0 Å². The molecule has 3 rings (SSSR count). The van der Waals surface area contributed by atoms with Crippen LogP contribution >= 0.6 is 0 Å². The van der Waals surface area contributed by atoms with Crippen molar-refractivity contribution in [2.24, 2.45) is 5.73 Å². The molecular weight excluding hydrogens is 250 g/mol. The first kappa shape index (κ1) is 14.1. The minimum Gasteiger partial charge on any atom is -0.339 e. The Morgan fingerprint density at radius 1 is 1.00 bits per heavy atom. The molecule has 112 valence electrons. The second-order valence-electron chi connectivity index (χ2n) is 6.69. The summed E-state index contributed by atoms with van der Waals surface area (Å²) in [7, 11) is 0. The van der Waals surface area contributed by atoms with E-state index in [1.165, 1.54) is 57.8 Å². The highest BCUT2D eigenvalue weighted by atomic mass is 16.5. The third kappa shape index (κ3) is 2.76. The maximum atomic E-state index is 6.01. The zero-order valence-corrected chi connectivity index (χ0v) is 12.4. The second-order valence-corrected chi connectivity index (χ2v) is 6.69. The van der Waals surface area contributed by atoms with Crippen LogP contribution in [0.3, 0.4) is 0 Å². The van der Waals surface area contributed by atoms with Gasteiger partial charge in [0.05, 0.1) is 5.41 Å². The molecule has 20 heavy (non-hydrogen) atoms. The van der Waals surface area contributed by atoms with Gasteiger partial charge in [-0.15, -0.1) is 0 Å². The van der Waals surface area contributed by atoms with Gasteiger partial charge in [0, 0.05) is 12.5 Å². The van der Waals surface area contributed by atoms with Gasteiger partial charge >= 0.3 is 0 Å². The van der Waals surface area contributed by atoms with Gasteiger partial charge in [0.15, 0.2) is 5.82 Å². The quantitative estimate of drug-likeness (QED) is 0.915. The van der Waals surface area contributed by atoms with Gasteiger partial charge in [0.2, 0.25) is 5.89 Å². The number of hydrogen-bond donors (Lipinski definition) is 1. The van der Waals surface area contributed by atoms with E-state index in [9.17, 15) is 0 Å². The molecule has 0 saturated heterocycles. The van der Waals surface area contributed by atoms with Gasteiger partial charge < -0.3 is 10.3 Å². The summed E-state index contributed by atoms with van der Waals surface area (Å²) < 4.78 is 5.63. The van der Waals surface area contributed by atoms with E-state index in [4.69, 9.17) is 15.2 Å². The van der Waals surface area contributed by atoms with Crippen LogP contribution in [-0.2, 0) is 5.41 Å². The van der Waals surface area contributed by atoms with Crippen molar-refractivity contribution in [1.29, 1.82) is 0 Å². The molecular formula is C16H27N3O. The SMILES string of the molecule is NCC1(c2nc(C3CCCCCCC3)no2)CCCC1. The van der Waals surface area contributed by atoms with E-state index >= 15 is 0 Å². The highest BCUT2D eigenvalue weighted by Gasteiger charge is 2.40. The number of aromatic nitrogens is 2. The molecule has 1 aromatic heterocycles. The van der Waals surface area contributed by atoms with Crippen LogP contribution in [0.2, 0.25) is 0 Å². The molecule has 0 aliphatic heterocycles. The molecule has 1 aromatic rings. The molecule has 0 radical (unpaired) electrons. The summed E-state index contributed by atoms with van der Waals surface area (Å²) in [4.78, 5) is 4.77. The number of hydrogen-bond acceptors (Lipinski definition) is 4. The number of rotatable bonds is 3. The van der Waals surface area contributed by atoms with Crippen molar-refractivity contribution in [3.63, 3.8) is 0 Å². The predicted octanol–water partition coefficient (Wildman–Crippen LogP) is 3.67. The fourth-order valence-corrected chi connectivity index (χ4v) is 3.89. The normalized spacial score (nSPS) is 24.4. The van der Waals surface area contributed by atoms with Gasteiger partial charge in [-0.1, -0.05) is 50.1 Å². The Labute approximate surface area is 121 Å². The Bertz CT molecular complexity index is 415. The Balaban J connectivity index is 1.75. The van der Waals surface area contributed by atoms with Gasteiger partial charge in [-0.2, -0.15) is 4.98 Å². The molecule has 1 heterocycles. The summed E-state index contributed by atoms with van der Waals surface area (Å²) in [6, 6.07) is 0. The highest BCUT2D eigenvalue weighted by molar-refractivity contribution is 5.10. The minimum absolute atomic E-state index is 0.0210. The monoisotopic (exact) mass is 277 g/mol. The van der Waals surface area contributed by atoms with Crippen LogP contribution in [0.25, 0.3) is 0 Å². The Hall–Kier alpha value is -0.900. The van der Waals surface area contributed by atoms with E-state index in [1.54, 1.807) is 0 Å². The molecule has 2 N–H and O–H groups in total. The van der Waals surface area contributed by atoms with Gasteiger partial charge in [-0.05, 0) is 25.7 Å². The Morgan fingerprint density at radius 3 is 2.30 bits per heavy atom. The van der Waals surface area contributed by atoms with Crippen molar-refractivity contribution in [2.75, 3.05) is 6.54 Å². The zero-order chi connectivity index (χ0) is 13.8. The topological polar surface area (TPSA) is 64.9 Å². The molecule has 2 aliphatic carbocycles. The van der Waals surface area contributed by atoms with Gasteiger partial charge in [0.1, 0.15) is 0 Å². The van der Waals surface area contributed by atoms with Crippen LogP contribution in [0.15, 0.2) is 4.52 Å². The molecule has 4 nitrogen and oxygen atoms in total. The number of nitrogens with two attached hydrogens (primary N) is 1. The fourth-order valence-electron chi connectivity index (χ4n) is 3.89. The summed E-state index contributed by atoms with van der Waals surface area (Å²) in [6.07, 6.45) is 13.8. The average Bonchev–Trinajstić information content (AvgIpc) is 3.08. The smallest absolute Gasteiger partial charge is 0.234 e. The van der Waals surface area contributed by atoms with Crippen LogP contribution in [0.5, 0.6) is 0 Å². The molecule has 0 bridgehead atoms. The lowest BCUT2D eigenvalue weighted by atomic mass is 9.86. The predicted molar refractivity (Wildman–Crippen MR) is 78.6 cm³/mol. The average molecular weight is 277 g/mol. The lowest BCUT2D eigenvalue weighted by molar-refractivity contribution is 0.281. The molecule has 0 aromatic carbocycles. The van der Waals surface area contributed by atoms with Crippen molar-refractivity contribution >= 4 is 0 Å². The third-order valence-electron chi connectivity index (χ3n) is 5.32. The molecule has 0 atom stereocenters. The van der Waals surface area contributed by atoms with E-state index in [2.05, 4.69) is 5.16 Å². The molecule has 0 unspecified atom stereocenters. The van der Waals surface area contributed by atoms with Crippen LogP contribution < -0.4 is 5.73 Å². The van der Waals surface area contributed by atoms with Crippen molar-refractivity contribution in [3.8, 4) is 0 Å². The third-order valence-corrected chi connectivity index (χ3v) is 5.32. The molecule has 2 aliphatic rings.